The van der Waals surface area contributed by atoms with Gasteiger partial charge in [-0.1, -0.05) is 19.3 Å². The van der Waals surface area contributed by atoms with Gasteiger partial charge in [-0.15, -0.1) is 0 Å². The van der Waals surface area contributed by atoms with E-state index in [9.17, 15) is 18.3 Å². The fourth-order valence-corrected chi connectivity index (χ4v) is 6.12. The van der Waals surface area contributed by atoms with Gasteiger partial charge in [0, 0.05) is 25.2 Å². The molecule has 1 saturated carbocycles. The van der Waals surface area contributed by atoms with Crippen LogP contribution in [0.5, 0.6) is 0 Å². The van der Waals surface area contributed by atoms with Crippen molar-refractivity contribution in [2.45, 2.75) is 69.6 Å². The van der Waals surface area contributed by atoms with E-state index in [1.54, 1.807) is 0 Å². The van der Waals surface area contributed by atoms with E-state index in [0.717, 1.165) is 38.8 Å². The first-order valence-electron chi connectivity index (χ1n) is 9.36. The maximum absolute atomic E-state index is 13.0. The zero-order chi connectivity index (χ0) is 17.2. The first kappa shape index (κ1) is 18.1. The van der Waals surface area contributed by atoms with Gasteiger partial charge in [0.15, 0.2) is 9.84 Å². The van der Waals surface area contributed by atoms with E-state index in [2.05, 4.69) is 4.90 Å². The van der Waals surface area contributed by atoms with Crippen LogP contribution in [0.25, 0.3) is 0 Å². The molecule has 0 aromatic carbocycles. The predicted octanol–water partition coefficient (Wildman–Crippen LogP) is 0.792. The van der Waals surface area contributed by atoms with Gasteiger partial charge in [0.2, 0.25) is 5.91 Å². The van der Waals surface area contributed by atoms with Crippen LogP contribution in [-0.2, 0) is 14.6 Å². The van der Waals surface area contributed by atoms with Crippen LogP contribution in [0.4, 0.5) is 0 Å². The molecule has 2 saturated heterocycles. The summed E-state index contributed by atoms with van der Waals surface area (Å²) in [6.45, 7) is 1.85. The monoisotopic (exact) mass is 358 g/mol. The molecule has 3 aliphatic rings. The summed E-state index contributed by atoms with van der Waals surface area (Å²) in [6.07, 6.45) is 7.25. The zero-order valence-electron chi connectivity index (χ0n) is 14.4. The normalized spacial score (nSPS) is 29.6. The smallest absolute Gasteiger partial charge is 0.237 e. The quantitative estimate of drug-likeness (QED) is 0.804. The minimum atomic E-state index is -2.99. The van der Waals surface area contributed by atoms with Gasteiger partial charge in [-0.05, 0) is 32.1 Å². The second-order valence-electron chi connectivity index (χ2n) is 7.66. The van der Waals surface area contributed by atoms with Gasteiger partial charge in [0.05, 0.1) is 24.2 Å². The van der Waals surface area contributed by atoms with Gasteiger partial charge in [0.1, 0.15) is 0 Å². The van der Waals surface area contributed by atoms with Gasteiger partial charge in [-0.2, -0.15) is 0 Å². The number of likely N-dealkylation sites (tertiary alicyclic amines) is 1. The van der Waals surface area contributed by atoms with Crippen molar-refractivity contribution in [1.29, 1.82) is 0 Å². The number of rotatable bonds is 4. The number of nitrogens with zero attached hydrogens (tertiary/aromatic N) is 2. The van der Waals surface area contributed by atoms with Crippen LogP contribution in [-0.4, -0.2) is 78.6 Å². The molecule has 0 radical (unpaired) electrons. The lowest BCUT2D eigenvalue weighted by Crippen LogP contribution is -2.52. The van der Waals surface area contributed by atoms with Crippen molar-refractivity contribution in [3.8, 4) is 0 Å². The summed E-state index contributed by atoms with van der Waals surface area (Å²) in [5.74, 6) is 0.429. The topological polar surface area (TPSA) is 77.9 Å². The van der Waals surface area contributed by atoms with Crippen molar-refractivity contribution in [3.63, 3.8) is 0 Å². The predicted molar refractivity (Wildman–Crippen MR) is 92.5 cm³/mol. The molecular weight excluding hydrogens is 328 g/mol. The van der Waals surface area contributed by atoms with Crippen LogP contribution >= 0.6 is 0 Å². The molecule has 0 aromatic heterocycles. The molecule has 6 nitrogen and oxygen atoms in total. The lowest BCUT2D eigenvalue weighted by molar-refractivity contribution is -0.138. The molecule has 1 amide bonds. The number of carbonyl (C=O) groups excluding carboxylic acids is 1. The Balaban J connectivity index is 1.67. The molecule has 0 spiro atoms. The molecule has 7 heteroatoms. The van der Waals surface area contributed by atoms with Crippen LogP contribution in [0.1, 0.15) is 51.4 Å². The van der Waals surface area contributed by atoms with Gasteiger partial charge in [0.25, 0.3) is 0 Å². The number of piperidine rings is 1. The average Bonchev–Trinajstić information content (AvgIpc) is 2.90. The summed E-state index contributed by atoms with van der Waals surface area (Å²) in [5, 5.41) is 9.62. The lowest BCUT2D eigenvalue weighted by atomic mass is 9.92. The van der Waals surface area contributed by atoms with Crippen molar-refractivity contribution in [3.05, 3.63) is 0 Å². The summed E-state index contributed by atoms with van der Waals surface area (Å²) in [5.41, 5.74) is 0. The SMILES string of the molecule is O=C(CN1CCC(O)CC1)N(C1CCCCC1)C1CCS(=O)(=O)C1. The molecule has 2 heterocycles. The average molecular weight is 359 g/mol. The Morgan fingerprint density at radius 2 is 1.67 bits per heavy atom. The largest absolute Gasteiger partial charge is 0.393 e. The number of carbonyl (C=O) groups is 1. The molecule has 138 valence electrons. The summed E-state index contributed by atoms with van der Waals surface area (Å²) in [7, 11) is -2.99. The van der Waals surface area contributed by atoms with E-state index in [1.807, 2.05) is 4.90 Å². The van der Waals surface area contributed by atoms with E-state index < -0.39 is 9.84 Å². The van der Waals surface area contributed by atoms with E-state index in [-0.39, 0.29) is 35.6 Å². The van der Waals surface area contributed by atoms with Crippen molar-refractivity contribution >= 4 is 15.7 Å². The zero-order valence-corrected chi connectivity index (χ0v) is 15.2. The third kappa shape index (κ3) is 4.49. The van der Waals surface area contributed by atoms with Crippen LogP contribution in [0.3, 0.4) is 0 Å². The van der Waals surface area contributed by atoms with E-state index in [0.29, 0.717) is 25.8 Å². The fraction of sp³-hybridized carbons (Fsp3) is 0.941. The second-order valence-corrected chi connectivity index (χ2v) is 9.89. The number of amides is 1. The Morgan fingerprint density at radius 3 is 2.25 bits per heavy atom. The Labute approximate surface area is 145 Å². The summed E-state index contributed by atoms with van der Waals surface area (Å²) in [6, 6.07) is 0.0703. The maximum Gasteiger partial charge on any atom is 0.237 e. The number of hydrogen-bond acceptors (Lipinski definition) is 5. The standard InChI is InChI=1S/C17H30N2O4S/c20-16-6-9-18(10-7-16)12-17(21)19(14-4-2-1-3-5-14)15-8-11-24(22,23)13-15/h14-16,20H,1-13H2. The van der Waals surface area contributed by atoms with Crippen LogP contribution in [0, 0.1) is 0 Å². The minimum Gasteiger partial charge on any atom is -0.393 e. The Hall–Kier alpha value is -0.660. The Kier molecular flexibility index (Phi) is 5.82. The number of sulfone groups is 1. The highest BCUT2D eigenvalue weighted by atomic mass is 32.2. The lowest BCUT2D eigenvalue weighted by Gasteiger charge is -2.40. The molecule has 1 unspecified atom stereocenters. The van der Waals surface area contributed by atoms with Crippen molar-refractivity contribution in [1.82, 2.24) is 9.80 Å². The first-order valence-corrected chi connectivity index (χ1v) is 11.2. The molecule has 1 N–H and O–H groups in total. The first-order chi connectivity index (χ1) is 11.4. The van der Waals surface area contributed by atoms with Crippen molar-refractivity contribution in [2.75, 3.05) is 31.1 Å². The van der Waals surface area contributed by atoms with Crippen molar-refractivity contribution in [2.24, 2.45) is 0 Å². The Bertz CT molecular complexity index is 537. The number of aliphatic hydroxyl groups excluding tert-OH is 1. The summed E-state index contributed by atoms with van der Waals surface area (Å²) >= 11 is 0. The van der Waals surface area contributed by atoms with E-state index in [1.165, 1.54) is 6.42 Å². The molecular formula is C17H30N2O4S. The molecule has 0 bridgehead atoms. The fourth-order valence-electron chi connectivity index (χ4n) is 4.41. The molecule has 3 rings (SSSR count). The number of hydrogen-bond donors (Lipinski definition) is 1. The van der Waals surface area contributed by atoms with Crippen LogP contribution in [0.15, 0.2) is 0 Å². The third-order valence-electron chi connectivity index (χ3n) is 5.77. The maximum atomic E-state index is 13.0. The second kappa shape index (κ2) is 7.70. The van der Waals surface area contributed by atoms with Gasteiger partial charge in [-0.25, -0.2) is 8.42 Å². The summed E-state index contributed by atoms with van der Waals surface area (Å²) in [4.78, 5) is 17.1. The van der Waals surface area contributed by atoms with Crippen LogP contribution < -0.4 is 0 Å². The minimum absolute atomic E-state index is 0.0837. The molecule has 3 fully saturated rings. The molecule has 2 aliphatic heterocycles. The van der Waals surface area contributed by atoms with Gasteiger partial charge in [-0.3, -0.25) is 9.69 Å². The molecule has 0 aromatic rings. The Morgan fingerprint density at radius 1 is 1.00 bits per heavy atom. The van der Waals surface area contributed by atoms with Crippen molar-refractivity contribution < 1.29 is 18.3 Å². The van der Waals surface area contributed by atoms with Gasteiger partial charge >= 0.3 is 0 Å². The van der Waals surface area contributed by atoms with E-state index in [4.69, 9.17) is 0 Å². The number of aliphatic hydroxyl groups is 1. The highest BCUT2D eigenvalue weighted by Crippen LogP contribution is 2.28. The highest BCUT2D eigenvalue weighted by molar-refractivity contribution is 7.91. The van der Waals surface area contributed by atoms with Gasteiger partial charge < -0.3 is 10.0 Å². The molecule has 1 atom stereocenters. The van der Waals surface area contributed by atoms with Crippen LogP contribution in [0.2, 0.25) is 0 Å². The van der Waals surface area contributed by atoms with E-state index >= 15 is 0 Å². The molecule has 24 heavy (non-hydrogen) atoms. The highest BCUT2D eigenvalue weighted by Gasteiger charge is 2.38. The molecule has 1 aliphatic carbocycles. The third-order valence-corrected chi connectivity index (χ3v) is 7.52. The summed E-state index contributed by atoms with van der Waals surface area (Å²) < 4.78 is 23.8.